The van der Waals surface area contributed by atoms with Crippen LogP contribution >= 0.6 is 0 Å². The van der Waals surface area contributed by atoms with Crippen molar-refractivity contribution in [3.63, 3.8) is 0 Å². The molecule has 0 atom stereocenters. The highest BCUT2D eigenvalue weighted by Gasteiger charge is 2.31. The SMILES string of the molecule is C.C.C.C.CCC(COC)(COC)COC.COCC(COC)(COC)COC.COCC(COC)OC.COCCOCCOC. The molecule has 0 aliphatic rings. The summed E-state index contributed by atoms with van der Waals surface area (Å²) in [6, 6.07) is 0. The summed E-state index contributed by atoms with van der Waals surface area (Å²) in [6.45, 7) is 10.3. The molecule has 0 unspecified atom stereocenters. The molecule has 0 N–H and O–H groups in total. The third kappa shape index (κ3) is 43.5. The molecule has 0 amide bonds. The van der Waals surface area contributed by atoms with E-state index in [1.807, 2.05) is 0 Å². The monoisotopic (exact) mass is 701 g/mol. The van der Waals surface area contributed by atoms with Crippen molar-refractivity contribution in [1.29, 1.82) is 0 Å². The fourth-order valence-corrected chi connectivity index (χ4v) is 3.77. The van der Waals surface area contributed by atoms with Gasteiger partial charge in [0.2, 0.25) is 0 Å². The summed E-state index contributed by atoms with van der Waals surface area (Å²) in [6.07, 6.45) is 1.07. The molecule has 0 aromatic rings. The van der Waals surface area contributed by atoms with Gasteiger partial charge < -0.3 is 61.6 Å². The van der Waals surface area contributed by atoms with E-state index in [0.29, 0.717) is 85.9 Å². The maximum Gasteiger partial charge on any atom is 0.104 e. The van der Waals surface area contributed by atoms with Crippen LogP contribution in [0.25, 0.3) is 0 Å². The molecule has 0 rings (SSSR count). The van der Waals surface area contributed by atoms with Crippen LogP contribution in [0.1, 0.15) is 43.1 Å². The van der Waals surface area contributed by atoms with E-state index in [1.165, 1.54) is 0 Å². The number of ether oxygens (including phenoxy) is 13. The lowest BCUT2D eigenvalue weighted by atomic mass is 9.88. The van der Waals surface area contributed by atoms with Crippen LogP contribution in [0.2, 0.25) is 0 Å². The molecule has 0 aliphatic carbocycles. The lowest BCUT2D eigenvalue weighted by Gasteiger charge is -2.30. The number of hydrogen-bond acceptors (Lipinski definition) is 13. The Morgan fingerprint density at radius 3 is 0.830 bits per heavy atom. The first-order valence-electron chi connectivity index (χ1n) is 14.2. The van der Waals surface area contributed by atoms with E-state index in [-0.39, 0.29) is 46.6 Å². The fourth-order valence-electron chi connectivity index (χ4n) is 3.77. The van der Waals surface area contributed by atoms with Crippen molar-refractivity contribution < 1.29 is 61.6 Å². The van der Waals surface area contributed by atoms with Crippen LogP contribution in [0.3, 0.4) is 0 Å². The number of hydrogen-bond donors (Lipinski definition) is 0. The van der Waals surface area contributed by atoms with E-state index in [4.69, 9.17) is 61.6 Å². The van der Waals surface area contributed by atoms with Gasteiger partial charge in [-0.3, -0.25) is 0 Å². The normalized spacial score (nSPS) is 10.3. The smallest absolute Gasteiger partial charge is 0.104 e. The van der Waals surface area contributed by atoms with E-state index in [2.05, 4.69) is 6.92 Å². The molecule has 0 saturated carbocycles. The summed E-state index contributed by atoms with van der Waals surface area (Å²) in [5.74, 6) is 0. The number of rotatable bonds is 26. The largest absolute Gasteiger partial charge is 0.384 e. The maximum absolute atomic E-state index is 5.14. The van der Waals surface area contributed by atoms with Gasteiger partial charge >= 0.3 is 0 Å². The van der Waals surface area contributed by atoms with E-state index < -0.39 is 0 Å². The molecular weight excluding hydrogens is 616 g/mol. The van der Waals surface area contributed by atoms with Gasteiger partial charge in [-0.2, -0.15) is 0 Å². The van der Waals surface area contributed by atoms with E-state index in [0.717, 1.165) is 6.42 Å². The van der Waals surface area contributed by atoms with E-state index in [1.54, 1.807) is 85.3 Å². The molecular formula is C34H84O13. The molecule has 47 heavy (non-hydrogen) atoms. The van der Waals surface area contributed by atoms with Gasteiger partial charge in [-0.05, 0) is 6.42 Å². The minimum Gasteiger partial charge on any atom is -0.384 e. The van der Waals surface area contributed by atoms with Gasteiger partial charge in [0, 0.05) is 90.7 Å². The van der Waals surface area contributed by atoms with Gasteiger partial charge in [-0.25, -0.2) is 0 Å². The molecule has 0 aliphatic heterocycles. The van der Waals surface area contributed by atoms with Crippen LogP contribution in [-0.4, -0.2) is 177 Å². The summed E-state index contributed by atoms with van der Waals surface area (Å²) in [4.78, 5) is 0. The summed E-state index contributed by atoms with van der Waals surface area (Å²) in [7, 11) is 20.0. The zero-order chi connectivity index (χ0) is 33.7. The second kappa shape index (κ2) is 52.3. The second-order valence-corrected chi connectivity index (χ2v) is 9.75. The van der Waals surface area contributed by atoms with Gasteiger partial charge in [-0.1, -0.05) is 36.6 Å². The first kappa shape index (κ1) is 64.9. The van der Waals surface area contributed by atoms with Crippen molar-refractivity contribution in [2.45, 2.75) is 49.2 Å². The molecule has 0 aromatic heterocycles. The zero-order valence-electron chi connectivity index (χ0n) is 29.8. The van der Waals surface area contributed by atoms with Crippen molar-refractivity contribution in [3.05, 3.63) is 0 Å². The average Bonchev–Trinajstić information content (AvgIpc) is 2.99. The molecule has 0 bridgehead atoms. The lowest BCUT2D eigenvalue weighted by molar-refractivity contribution is -0.0760. The molecule has 0 radical (unpaired) electrons. The first-order chi connectivity index (χ1) is 20.7. The van der Waals surface area contributed by atoms with Crippen LogP contribution in [0.15, 0.2) is 0 Å². The van der Waals surface area contributed by atoms with Gasteiger partial charge in [0.25, 0.3) is 0 Å². The molecule has 0 spiro atoms. The second-order valence-electron chi connectivity index (χ2n) is 9.75. The Morgan fingerprint density at radius 2 is 0.638 bits per heavy atom. The summed E-state index contributed by atoms with van der Waals surface area (Å²) >= 11 is 0. The molecule has 0 aromatic carbocycles. The van der Waals surface area contributed by atoms with Crippen molar-refractivity contribution in [3.8, 4) is 0 Å². The Bertz CT molecular complexity index is 430. The van der Waals surface area contributed by atoms with Crippen molar-refractivity contribution in [2.24, 2.45) is 10.8 Å². The van der Waals surface area contributed by atoms with Crippen LogP contribution in [-0.2, 0) is 61.6 Å². The highest BCUT2D eigenvalue weighted by molar-refractivity contribution is 4.78. The predicted octanol–water partition coefficient (Wildman–Crippen LogP) is 5.01. The van der Waals surface area contributed by atoms with Crippen molar-refractivity contribution in [1.82, 2.24) is 0 Å². The molecule has 13 nitrogen and oxygen atoms in total. The van der Waals surface area contributed by atoms with Crippen molar-refractivity contribution >= 4 is 0 Å². The van der Waals surface area contributed by atoms with Crippen LogP contribution in [0, 0.1) is 10.8 Å². The predicted molar refractivity (Wildman–Crippen MR) is 194 cm³/mol. The number of methoxy groups -OCH3 is 12. The van der Waals surface area contributed by atoms with Crippen LogP contribution in [0.5, 0.6) is 0 Å². The molecule has 13 heteroatoms. The Labute approximate surface area is 292 Å². The van der Waals surface area contributed by atoms with E-state index in [9.17, 15) is 0 Å². The highest BCUT2D eigenvalue weighted by Crippen LogP contribution is 2.23. The lowest BCUT2D eigenvalue weighted by Crippen LogP contribution is -2.40. The fraction of sp³-hybridized carbons (Fsp3) is 1.00. The third-order valence-corrected chi connectivity index (χ3v) is 5.81. The van der Waals surface area contributed by atoms with Crippen LogP contribution in [0.4, 0.5) is 0 Å². The topological polar surface area (TPSA) is 120 Å². The summed E-state index contributed by atoms with van der Waals surface area (Å²) in [5, 5.41) is 0. The quantitative estimate of drug-likeness (QED) is 0.113. The molecule has 298 valence electrons. The minimum absolute atomic E-state index is 0. The van der Waals surface area contributed by atoms with Crippen molar-refractivity contribution in [2.75, 3.05) is 171 Å². The van der Waals surface area contributed by atoms with Gasteiger partial charge in [0.15, 0.2) is 0 Å². The molecule has 0 heterocycles. The molecule has 0 fully saturated rings. The highest BCUT2D eigenvalue weighted by atomic mass is 16.6. The summed E-state index contributed by atoms with van der Waals surface area (Å²) < 4.78 is 65.2. The molecule has 0 saturated heterocycles. The van der Waals surface area contributed by atoms with Gasteiger partial charge in [0.05, 0.1) is 91.3 Å². The Morgan fingerprint density at radius 1 is 0.362 bits per heavy atom. The third-order valence-electron chi connectivity index (χ3n) is 5.81. The zero-order valence-corrected chi connectivity index (χ0v) is 29.8. The van der Waals surface area contributed by atoms with Crippen LogP contribution < -0.4 is 0 Å². The van der Waals surface area contributed by atoms with Gasteiger partial charge in [-0.15, -0.1) is 0 Å². The van der Waals surface area contributed by atoms with Gasteiger partial charge in [0.1, 0.15) is 6.10 Å². The Kier molecular flexibility index (Phi) is 72.2. The van der Waals surface area contributed by atoms with E-state index >= 15 is 0 Å². The summed E-state index contributed by atoms with van der Waals surface area (Å²) in [5.41, 5.74) is -0.161. The average molecular weight is 701 g/mol. The Hall–Kier alpha value is -0.520. The minimum atomic E-state index is -0.188. The Balaban J connectivity index is -0.0000000707. The first-order valence-corrected chi connectivity index (χ1v) is 14.2. The maximum atomic E-state index is 5.14. The standard InChI is InChI=1S/C9H20O4.C9H20O3.2C6H14O3.4CH4/c1-10-5-9(6-11-2,7-12-3)8-13-4;1-5-9(6-10-2,7-11-3)8-12-4;1-7-4-6(9-3)5-8-2;1-7-3-5-9-6-4-8-2;;;;/h5-8H2,1-4H3;5-8H2,1-4H3;6H,4-5H2,1-3H3;3-6H2,1-2H3;4*1H4.